The molecule has 0 aromatic carbocycles. The molecule has 0 spiro atoms. The first-order valence-electron chi connectivity index (χ1n) is 7.01. The van der Waals surface area contributed by atoms with Crippen molar-refractivity contribution >= 4 is 11.8 Å². The van der Waals surface area contributed by atoms with Gasteiger partial charge in [-0.25, -0.2) is 4.98 Å². The lowest BCUT2D eigenvalue weighted by Gasteiger charge is -2.28. The second-order valence-electron chi connectivity index (χ2n) is 5.24. The Kier molecular flexibility index (Phi) is 4.39. The highest BCUT2D eigenvalue weighted by Crippen LogP contribution is 2.28. The van der Waals surface area contributed by atoms with Crippen LogP contribution in [0.1, 0.15) is 44.7 Å². The van der Waals surface area contributed by atoms with Crippen LogP contribution in [0.5, 0.6) is 0 Å². The average Bonchev–Trinajstić information content (AvgIpc) is 2.39. The SMILES string of the molecule is CCC1CCC(Nc2cc(C)nc(NC)n2)CC1. The van der Waals surface area contributed by atoms with E-state index in [1.807, 2.05) is 20.0 Å². The Balaban J connectivity index is 1.95. The lowest BCUT2D eigenvalue weighted by molar-refractivity contribution is 0.330. The van der Waals surface area contributed by atoms with Crippen molar-refractivity contribution < 1.29 is 0 Å². The molecule has 4 nitrogen and oxygen atoms in total. The van der Waals surface area contributed by atoms with Gasteiger partial charge in [0.15, 0.2) is 0 Å². The van der Waals surface area contributed by atoms with Crippen molar-refractivity contribution in [1.29, 1.82) is 0 Å². The van der Waals surface area contributed by atoms with Gasteiger partial charge in [-0.15, -0.1) is 0 Å². The standard InChI is InChI=1S/C14H24N4/c1-4-11-5-7-12(8-6-11)17-13-9-10(2)16-14(15-3)18-13/h9,11-12H,4-8H2,1-3H3,(H2,15,16,17,18). The number of hydrogen-bond donors (Lipinski definition) is 2. The Hall–Kier alpha value is -1.32. The van der Waals surface area contributed by atoms with Crippen LogP contribution >= 0.6 is 0 Å². The number of hydrogen-bond acceptors (Lipinski definition) is 4. The summed E-state index contributed by atoms with van der Waals surface area (Å²) < 4.78 is 0. The summed E-state index contributed by atoms with van der Waals surface area (Å²) in [7, 11) is 1.85. The van der Waals surface area contributed by atoms with Crippen molar-refractivity contribution in [3.05, 3.63) is 11.8 Å². The largest absolute Gasteiger partial charge is 0.367 e. The first-order chi connectivity index (χ1) is 8.71. The van der Waals surface area contributed by atoms with Gasteiger partial charge in [0.2, 0.25) is 5.95 Å². The highest BCUT2D eigenvalue weighted by molar-refractivity contribution is 5.42. The van der Waals surface area contributed by atoms with Crippen molar-refractivity contribution in [3.8, 4) is 0 Å². The monoisotopic (exact) mass is 248 g/mol. The van der Waals surface area contributed by atoms with Crippen LogP contribution in [-0.4, -0.2) is 23.1 Å². The van der Waals surface area contributed by atoms with E-state index in [1.165, 1.54) is 32.1 Å². The van der Waals surface area contributed by atoms with Gasteiger partial charge in [0.1, 0.15) is 5.82 Å². The fraction of sp³-hybridized carbons (Fsp3) is 0.714. The van der Waals surface area contributed by atoms with E-state index in [9.17, 15) is 0 Å². The molecule has 1 fully saturated rings. The maximum atomic E-state index is 4.45. The third kappa shape index (κ3) is 3.34. The lowest BCUT2D eigenvalue weighted by Crippen LogP contribution is -2.26. The molecular formula is C14H24N4. The summed E-state index contributed by atoms with van der Waals surface area (Å²) >= 11 is 0. The second kappa shape index (κ2) is 6.03. The molecule has 0 amide bonds. The molecule has 2 N–H and O–H groups in total. The van der Waals surface area contributed by atoms with E-state index >= 15 is 0 Å². The number of nitrogens with zero attached hydrogens (tertiary/aromatic N) is 2. The lowest BCUT2D eigenvalue weighted by atomic mass is 9.84. The van der Waals surface area contributed by atoms with Gasteiger partial charge >= 0.3 is 0 Å². The number of nitrogens with one attached hydrogen (secondary N) is 2. The fourth-order valence-electron chi connectivity index (χ4n) is 2.68. The molecule has 1 heterocycles. The maximum absolute atomic E-state index is 4.45. The number of aryl methyl sites for hydroxylation is 1. The molecule has 1 aliphatic rings. The Bertz CT molecular complexity index is 383. The normalized spacial score (nSPS) is 23.7. The van der Waals surface area contributed by atoms with E-state index in [4.69, 9.17) is 0 Å². The van der Waals surface area contributed by atoms with Crippen LogP contribution in [-0.2, 0) is 0 Å². The Labute approximate surface area is 110 Å². The van der Waals surface area contributed by atoms with Gasteiger partial charge < -0.3 is 10.6 Å². The zero-order chi connectivity index (χ0) is 13.0. The van der Waals surface area contributed by atoms with Crippen LogP contribution in [0.3, 0.4) is 0 Å². The van der Waals surface area contributed by atoms with Crippen LogP contribution in [0.25, 0.3) is 0 Å². The van der Waals surface area contributed by atoms with Crippen molar-refractivity contribution in [1.82, 2.24) is 9.97 Å². The van der Waals surface area contributed by atoms with E-state index in [1.54, 1.807) is 0 Å². The zero-order valence-corrected chi connectivity index (χ0v) is 11.7. The highest BCUT2D eigenvalue weighted by atomic mass is 15.1. The summed E-state index contributed by atoms with van der Waals surface area (Å²) in [5, 5.41) is 6.55. The number of aromatic nitrogens is 2. The Morgan fingerprint density at radius 1 is 1.22 bits per heavy atom. The molecule has 4 heteroatoms. The van der Waals surface area contributed by atoms with Gasteiger partial charge in [-0.1, -0.05) is 13.3 Å². The first-order valence-corrected chi connectivity index (χ1v) is 7.01. The smallest absolute Gasteiger partial charge is 0.224 e. The first kappa shape index (κ1) is 13.1. The molecule has 100 valence electrons. The number of rotatable bonds is 4. The van der Waals surface area contributed by atoms with Crippen LogP contribution in [0.15, 0.2) is 6.07 Å². The molecule has 1 aliphatic carbocycles. The molecule has 18 heavy (non-hydrogen) atoms. The van der Waals surface area contributed by atoms with E-state index in [-0.39, 0.29) is 0 Å². The van der Waals surface area contributed by atoms with Crippen molar-refractivity contribution in [2.45, 2.75) is 52.0 Å². The topological polar surface area (TPSA) is 49.8 Å². The van der Waals surface area contributed by atoms with Crippen molar-refractivity contribution in [2.75, 3.05) is 17.7 Å². The zero-order valence-electron chi connectivity index (χ0n) is 11.7. The summed E-state index contributed by atoms with van der Waals surface area (Å²) in [4.78, 5) is 8.76. The van der Waals surface area contributed by atoms with Gasteiger partial charge in [0.05, 0.1) is 0 Å². The molecule has 0 saturated heterocycles. The van der Waals surface area contributed by atoms with E-state index in [0.29, 0.717) is 12.0 Å². The highest BCUT2D eigenvalue weighted by Gasteiger charge is 2.20. The predicted molar refractivity (Wildman–Crippen MR) is 76.0 cm³/mol. The quantitative estimate of drug-likeness (QED) is 0.859. The molecule has 1 saturated carbocycles. The van der Waals surface area contributed by atoms with Gasteiger partial charge in [0, 0.05) is 24.8 Å². The minimum atomic E-state index is 0.576. The van der Waals surface area contributed by atoms with Crippen LogP contribution < -0.4 is 10.6 Å². The summed E-state index contributed by atoms with van der Waals surface area (Å²) in [6.07, 6.45) is 6.53. The van der Waals surface area contributed by atoms with Crippen LogP contribution in [0, 0.1) is 12.8 Å². The second-order valence-corrected chi connectivity index (χ2v) is 5.24. The van der Waals surface area contributed by atoms with Crippen LogP contribution in [0.2, 0.25) is 0 Å². The summed E-state index contributed by atoms with van der Waals surface area (Å²) in [6, 6.07) is 2.60. The Morgan fingerprint density at radius 2 is 1.94 bits per heavy atom. The average molecular weight is 248 g/mol. The molecule has 0 aliphatic heterocycles. The predicted octanol–water partition coefficient (Wildman–Crippen LogP) is 3.21. The molecular weight excluding hydrogens is 224 g/mol. The number of anilines is 2. The third-order valence-corrected chi connectivity index (χ3v) is 3.85. The maximum Gasteiger partial charge on any atom is 0.224 e. The van der Waals surface area contributed by atoms with Gasteiger partial charge in [0.25, 0.3) is 0 Å². The molecule has 0 radical (unpaired) electrons. The molecule has 1 aromatic heterocycles. The summed E-state index contributed by atoms with van der Waals surface area (Å²) in [5.74, 6) is 2.58. The fourth-order valence-corrected chi connectivity index (χ4v) is 2.68. The molecule has 0 atom stereocenters. The molecule has 1 aromatic rings. The van der Waals surface area contributed by atoms with Gasteiger partial charge in [-0.3, -0.25) is 0 Å². The van der Waals surface area contributed by atoms with Crippen molar-refractivity contribution in [3.63, 3.8) is 0 Å². The van der Waals surface area contributed by atoms with Crippen molar-refractivity contribution in [2.24, 2.45) is 5.92 Å². The van der Waals surface area contributed by atoms with Gasteiger partial charge in [-0.2, -0.15) is 4.98 Å². The summed E-state index contributed by atoms with van der Waals surface area (Å²) in [5.41, 5.74) is 0.999. The van der Waals surface area contributed by atoms with E-state index in [0.717, 1.165) is 17.4 Å². The van der Waals surface area contributed by atoms with E-state index < -0.39 is 0 Å². The third-order valence-electron chi connectivity index (χ3n) is 3.85. The van der Waals surface area contributed by atoms with Crippen LogP contribution in [0.4, 0.5) is 11.8 Å². The minimum absolute atomic E-state index is 0.576. The Morgan fingerprint density at radius 3 is 2.56 bits per heavy atom. The molecule has 0 bridgehead atoms. The molecule has 0 unspecified atom stereocenters. The van der Waals surface area contributed by atoms with E-state index in [2.05, 4.69) is 27.5 Å². The minimum Gasteiger partial charge on any atom is -0.367 e. The summed E-state index contributed by atoms with van der Waals surface area (Å²) in [6.45, 7) is 4.30. The molecule has 2 rings (SSSR count). The van der Waals surface area contributed by atoms with Gasteiger partial charge in [-0.05, 0) is 38.5 Å².